The summed E-state index contributed by atoms with van der Waals surface area (Å²) in [5.74, 6) is -0.759. The molecule has 0 fully saturated rings. The number of carboxylic acid groups (broad SMARTS) is 1. The standard InChI is InChI=1S/C16H19NO2/c1-11-7-9-13(10-8-11)14(15(17)16(18)19)12-5-3-2-4-6-12/h2-7,9-11,14-15H,8,17H2,1H3,(H,18,19). The van der Waals surface area contributed by atoms with Crippen LogP contribution in [0, 0.1) is 5.92 Å². The molecule has 3 atom stereocenters. The quantitative estimate of drug-likeness (QED) is 0.871. The molecule has 2 rings (SSSR count). The van der Waals surface area contributed by atoms with Gasteiger partial charge >= 0.3 is 5.97 Å². The maximum absolute atomic E-state index is 11.2. The van der Waals surface area contributed by atoms with Gasteiger partial charge in [0.25, 0.3) is 0 Å². The molecule has 0 saturated heterocycles. The van der Waals surface area contributed by atoms with Crippen molar-refractivity contribution in [2.75, 3.05) is 0 Å². The number of nitrogens with two attached hydrogens (primary N) is 1. The van der Waals surface area contributed by atoms with Crippen molar-refractivity contribution in [3.63, 3.8) is 0 Å². The number of rotatable bonds is 4. The van der Waals surface area contributed by atoms with Crippen LogP contribution >= 0.6 is 0 Å². The Bertz CT molecular complexity index is 505. The Labute approximate surface area is 113 Å². The van der Waals surface area contributed by atoms with Crippen LogP contribution in [0.4, 0.5) is 0 Å². The van der Waals surface area contributed by atoms with Crippen molar-refractivity contribution < 1.29 is 9.90 Å². The van der Waals surface area contributed by atoms with Gasteiger partial charge in [-0.25, -0.2) is 0 Å². The molecule has 0 aliphatic heterocycles. The molecule has 3 nitrogen and oxygen atoms in total. The lowest BCUT2D eigenvalue weighted by Gasteiger charge is -2.25. The zero-order chi connectivity index (χ0) is 13.8. The molecule has 1 aromatic rings. The summed E-state index contributed by atoms with van der Waals surface area (Å²) in [5.41, 5.74) is 7.83. The van der Waals surface area contributed by atoms with E-state index in [9.17, 15) is 9.90 Å². The maximum Gasteiger partial charge on any atom is 0.321 e. The van der Waals surface area contributed by atoms with E-state index in [2.05, 4.69) is 19.1 Å². The van der Waals surface area contributed by atoms with Crippen LogP contribution in [-0.4, -0.2) is 17.1 Å². The van der Waals surface area contributed by atoms with E-state index in [0.29, 0.717) is 5.92 Å². The van der Waals surface area contributed by atoms with E-state index < -0.39 is 12.0 Å². The van der Waals surface area contributed by atoms with Crippen LogP contribution in [0.3, 0.4) is 0 Å². The van der Waals surface area contributed by atoms with Gasteiger partial charge in [0.15, 0.2) is 0 Å². The highest BCUT2D eigenvalue weighted by Crippen LogP contribution is 2.31. The van der Waals surface area contributed by atoms with E-state index in [-0.39, 0.29) is 5.92 Å². The minimum Gasteiger partial charge on any atom is -0.480 e. The number of benzene rings is 1. The first-order chi connectivity index (χ1) is 9.09. The SMILES string of the molecule is CC1C=CC(C(c2ccccc2)C(N)C(=O)O)=CC1. The van der Waals surface area contributed by atoms with Crippen LogP contribution in [0.1, 0.15) is 24.8 Å². The number of carbonyl (C=O) groups is 1. The van der Waals surface area contributed by atoms with Gasteiger partial charge in [0.2, 0.25) is 0 Å². The average molecular weight is 257 g/mol. The lowest BCUT2D eigenvalue weighted by molar-refractivity contribution is -0.138. The van der Waals surface area contributed by atoms with Crippen LogP contribution in [-0.2, 0) is 4.79 Å². The molecule has 3 N–H and O–H groups in total. The lowest BCUT2D eigenvalue weighted by atomic mass is 9.81. The van der Waals surface area contributed by atoms with E-state index in [1.165, 1.54) is 0 Å². The minimum atomic E-state index is -0.971. The first kappa shape index (κ1) is 13.6. The molecule has 0 aromatic heterocycles. The fourth-order valence-electron chi connectivity index (χ4n) is 2.38. The molecule has 3 heteroatoms. The largest absolute Gasteiger partial charge is 0.480 e. The van der Waals surface area contributed by atoms with Crippen molar-refractivity contribution in [1.82, 2.24) is 0 Å². The molecule has 0 amide bonds. The molecule has 0 saturated carbocycles. The molecule has 19 heavy (non-hydrogen) atoms. The zero-order valence-corrected chi connectivity index (χ0v) is 11.0. The Morgan fingerprint density at radius 1 is 1.37 bits per heavy atom. The van der Waals surface area contributed by atoms with Gasteiger partial charge in [-0.05, 0) is 23.5 Å². The van der Waals surface area contributed by atoms with Crippen molar-refractivity contribution in [3.8, 4) is 0 Å². The third-order valence-corrected chi connectivity index (χ3v) is 3.50. The molecule has 1 aromatic carbocycles. The van der Waals surface area contributed by atoms with Crippen molar-refractivity contribution in [1.29, 1.82) is 0 Å². The van der Waals surface area contributed by atoms with Gasteiger partial charge in [0, 0.05) is 5.92 Å². The van der Waals surface area contributed by atoms with E-state index in [0.717, 1.165) is 17.6 Å². The highest BCUT2D eigenvalue weighted by molar-refractivity contribution is 5.76. The lowest BCUT2D eigenvalue weighted by Crippen LogP contribution is -2.37. The van der Waals surface area contributed by atoms with Crippen LogP contribution in [0.2, 0.25) is 0 Å². The molecule has 0 bridgehead atoms. The second-order valence-electron chi connectivity index (χ2n) is 5.03. The van der Waals surface area contributed by atoms with Gasteiger partial charge in [-0.1, -0.05) is 55.5 Å². The molecule has 3 unspecified atom stereocenters. The maximum atomic E-state index is 11.2. The van der Waals surface area contributed by atoms with Crippen molar-refractivity contribution >= 4 is 5.97 Å². The second-order valence-corrected chi connectivity index (χ2v) is 5.03. The molecule has 100 valence electrons. The van der Waals surface area contributed by atoms with Crippen LogP contribution in [0.5, 0.6) is 0 Å². The highest BCUT2D eigenvalue weighted by atomic mass is 16.4. The number of carboxylic acids is 1. The van der Waals surface area contributed by atoms with Gasteiger partial charge in [0.05, 0.1) is 0 Å². The summed E-state index contributed by atoms with van der Waals surface area (Å²) in [4.78, 5) is 11.2. The molecular weight excluding hydrogens is 238 g/mol. The number of hydrogen-bond donors (Lipinski definition) is 2. The Hall–Kier alpha value is -1.87. The van der Waals surface area contributed by atoms with Crippen molar-refractivity contribution in [2.24, 2.45) is 11.7 Å². The predicted octanol–water partition coefficient (Wildman–Crippen LogP) is 2.70. The van der Waals surface area contributed by atoms with Crippen molar-refractivity contribution in [2.45, 2.75) is 25.3 Å². The highest BCUT2D eigenvalue weighted by Gasteiger charge is 2.28. The smallest absolute Gasteiger partial charge is 0.321 e. The number of allylic oxidation sites excluding steroid dienone is 3. The monoisotopic (exact) mass is 257 g/mol. The predicted molar refractivity (Wildman–Crippen MR) is 75.8 cm³/mol. The summed E-state index contributed by atoms with van der Waals surface area (Å²) in [7, 11) is 0. The Morgan fingerprint density at radius 3 is 2.58 bits per heavy atom. The van der Waals surface area contributed by atoms with E-state index >= 15 is 0 Å². The molecular formula is C16H19NO2. The fraction of sp³-hybridized carbons (Fsp3) is 0.312. The van der Waals surface area contributed by atoms with Crippen molar-refractivity contribution in [3.05, 3.63) is 59.7 Å². The Balaban J connectivity index is 2.36. The second kappa shape index (κ2) is 5.85. The topological polar surface area (TPSA) is 63.3 Å². The summed E-state index contributed by atoms with van der Waals surface area (Å²) < 4.78 is 0. The average Bonchev–Trinajstić information content (AvgIpc) is 2.42. The number of aliphatic carboxylic acids is 1. The fourth-order valence-corrected chi connectivity index (χ4v) is 2.38. The van der Waals surface area contributed by atoms with Crippen LogP contribution in [0.15, 0.2) is 54.1 Å². The Morgan fingerprint density at radius 2 is 2.05 bits per heavy atom. The molecule has 0 heterocycles. The molecule has 0 radical (unpaired) electrons. The summed E-state index contributed by atoms with van der Waals surface area (Å²) in [5, 5.41) is 9.22. The minimum absolute atomic E-state index is 0.289. The molecule has 1 aliphatic rings. The Kier molecular flexibility index (Phi) is 4.17. The van der Waals surface area contributed by atoms with E-state index in [1.54, 1.807) is 0 Å². The first-order valence-corrected chi connectivity index (χ1v) is 6.51. The molecule has 1 aliphatic carbocycles. The summed E-state index contributed by atoms with van der Waals surface area (Å²) >= 11 is 0. The van der Waals surface area contributed by atoms with Crippen LogP contribution in [0.25, 0.3) is 0 Å². The van der Waals surface area contributed by atoms with Crippen LogP contribution < -0.4 is 5.73 Å². The normalized spacial score (nSPS) is 21.6. The van der Waals surface area contributed by atoms with Gasteiger partial charge in [-0.3, -0.25) is 4.79 Å². The van der Waals surface area contributed by atoms with E-state index in [4.69, 9.17) is 5.73 Å². The summed E-state index contributed by atoms with van der Waals surface area (Å²) in [6, 6.07) is 8.67. The summed E-state index contributed by atoms with van der Waals surface area (Å²) in [6.45, 7) is 2.14. The first-order valence-electron chi connectivity index (χ1n) is 6.51. The number of hydrogen-bond acceptors (Lipinski definition) is 2. The third-order valence-electron chi connectivity index (χ3n) is 3.50. The van der Waals surface area contributed by atoms with E-state index in [1.807, 2.05) is 36.4 Å². The van der Waals surface area contributed by atoms with Gasteiger partial charge in [-0.15, -0.1) is 0 Å². The van der Waals surface area contributed by atoms with Gasteiger partial charge in [0.1, 0.15) is 6.04 Å². The zero-order valence-electron chi connectivity index (χ0n) is 11.0. The van der Waals surface area contributed by atoms with Gasteiger partial charge < -0.3 is 10.8 Å². The third kappa shape index (κ3) is 3.12. The molecule has 0 spiro atoms. The van der Waals surface area contributed by atoms with Gasteiger partial charge in [-0.2, -0.15) is 0 Å². The summed E-state index contributed by atoms with van der Waals surface area (Å²) in [6.07, 6.45) is 7.15.